The molecule has 0 bridgehead atoms. The highest BCUT2D eigenvalue weighted by Gasteiger charge is 2.06. The fourth-order valence-corrected chi connectivity index (χ4v) is 2.39. The van der Waals surface area contributed by atoms with E-state index in [1.807, 2.05) is 24.3 Å². The first-order valence-corrected chi connectivity index (χ1v) is 8.01. The highest BCUT2D eigenvalue weighted by molar-refractivity contribution is 6.30. The maximum atomic E-state index is 12.3. The van der Waals surface area contributed by atoms with E-state index in [0.717, 1.165) is 11.1 Å². The Morgan fingerprint density at radius 2 is 1.58 bits per heavy atom. The minimum atomic E-state index is -0.218. The predicted octanol–water partition coefficient (Wildman–Crippen LogP) is 3.55. The molecule has 0 radical (unpaired) electrons. The van der Waals surface area contributed by atoms with E-state index < -0.39 is 0 Å². The summed E-state index contributed by atoms with van der Waals surface area (Å²) in [5.41, 5.74) is 2.02. The van der Waals surface area contributed by atoms with E-state index in [2.05, 4.69) is 15.3 Å². The monoisotopic (exact) mass is 360 g/mol. The van der Waals surface area contributed by atoms with Gasteiger partial charge in [0, 0.05) is 10.0 Å². The first-order valence-electron chi connectivity index (χ1n) is 7.26. The summed E-state index contributed by atoms with van der Waals surface area (Å²) in [5, 5.41) is 8.05. The molecule has 7 heteroatoms. The fraction of sp³-hybridized carbons (Fsp3) is 0.118. The summed E-state index contributed by atoms with van der Waals surface area (Å²) in [5.74, 6) is 0. The van der Waals surface area contributed by atoms with Gasteiger partial charge in [-0.05, 0) is 35.4 Å². The molecule has 0 fully saturated rings. The summed E-state index contributed by atoms with van der Waals surface area (Å²) in [6.07, 6.45) is 1.48. The summed E-state index contributed by atoms with van der Waals surface area (Å²) in [6.45, 7) is 0.856. The normalized spacial score (nSPS) is 11.2. The molecule has 0 saturated carbocycles. The standard InChI is InChI=1S/C17H14Cl2N4O/c18-14-5-1-12(2-6-14)9-20-10-16-17(24)23(22-21-16)11-13-3-7-15(19)8-4-13/h1-8,10,22H,9,11H2. The first-order chi connectivity index (χ1) is 11.6. The number of rotatable bonds is 5. The van der Waals surface area contributed by atoms with Crippen LogP contribution in [0.5, 0.6) is 0 Å². The van der Waals surface area contributed by atoms with Gasteiger partial charge in [0.1, 0.15) is 0 Å². The number of benzene rings is 2. The second-order valence-electron chi connectivity index (χ2n) is 5.21. The van der Waals surface area contributed by atoms with Gasteiger partial charge in [0.25, 0.3) is 5.56 Å². The Bertz CT molecular complexity index is 896. The molecule has 0 aliphatic heterocycles. The molecule has 0 amide bonds. The number of aromatic amines is 1. The molecule has 0 atom stereocenters. The van der Waals surface area contributed by atoms with Crippen molar-refractivity contribution in [2.24, 2.45) is 4.99 Å². The minimum Gasteiger partial charge on any atom is -0.286 e. The van der Waals surface area contributed by atoms with Crippen molar-refractivity contribution >= 4 is 29.4 Å². The van der Waals surface area contributed by atoms with Gasteiger partial charge in [-0.15, -0.1) is 0 Å². The Morgan fingerprint density at radius 1 is 1.00 bits per heavy atom. The average molecular weight is 361 g/mol. The van der Waals surface area contributed by atoms with Crippen molar-refractivity contribution in [3.8, 4) is 0 Å². The van der Waals surface area contributed by atoms with E-state index in [0.29, 0.717) is 23.1 Å². The lowest BCUT2D eigenvalue weighted by Gasteiger charge is -2.00. The van der Waals surface area contributed by atoms with Gasteiger partial charge in [-0.1, -0.05) is 47.5 Å². The maximum absolute atomic E-state index is 12.3. The number of hydrogen-bond donors (Lipinski definition) is 1. The third-order valence-corrected chi connectivity index (χ3v) is 3.91. The number of halogens is 2. The molecule has 24 heavy (non-hydrogen) atoms. The van der Waals surface area contributed by atoms with Gasteiger partial charge in [-0.3, -0.25) is 9.79 Å². The number of hydrogen-bond acceptors (Lipinski definition) is 3. The van der Waals surface area contributed by atoms with Crippen molar-refractivity contribution in [3.63, 3.8) is 0 Å². The van der Waals surface area contributed by atoms with Gasteiger partial charge >= 0.3 is 0 Å². The van der Waals surface area contributed by atoms with Crippen LogP contribution in [-0.2, 0) is 13.1 Å². The van der Waals surface area contributed by atoms with Crippen LogP contribution in [0.25, 0.3) is 0 Å². The molecule has 0 aliphatic carbocycles. The SMILES string of the molecule is O=c1c(C=NCc2ccc(Cl)cc2)n[nH]n1Cc1ccc(Cl)cc1. The zero-order chi connectivity index (χ0) is 16.9. The van der Waals surface area contributed by atoms with Crippen molar-refractivity contribution in [3.05, 3.63) is 85.8 Å². The summed E-state index contributed by atoms with van der Waals surface area (Å²) in [4.78, 5) is 16.5. The van der Waals surface area contributed by atoms with Crippen LogP contribution in [-0.4, -0.2) is 21.2 Å². The highest BCUT2D eigenvalue weighted by atomic mass is 35.5. The molecule has 1 aromatic heterocycles. The van der Waals surface area contributed by atoms with Crippen molar-refractivity contribution in [2.75, 3.05) is 0 Å². The van der Waals surface area contributed by atoms with Gasteiger partial charge in [0.05, 0.1) is 19.3 Å². The molecule has 1 N–H and O–H groups in total. The van der Waals surface area contributed by atoms with E-state index in [-0.39, 0.29) is 11.3 Å². The molecule has 0 saturated heterocycles. The first kappa shape index (κ1) is 16.5. The maximum Gasteiger partial charge on any atom is 0.295 e. The van der Waals surface area contributed by atoms with Crippen molar-refractivity contribution < 1.29 is 0 Å². The lowest BCUT2D eigenvalue weighted by Crippen LogP contribution is -2.19. The van der Waals surface area contributed by atoms with Gasteiger partial charge in [-0.2, -0.15) is 5.10 Å². The highest BCUT2D eigenvalue weighted by Crippen LogP contribution is 2.10. The number of aliphatic imine (C=N–C) groups is 1. The third kappa shape index (κ3) is 4.13. The molecule has 3 rings (SSSR count). The number of aromatic nitrogens is 3. The van der Waals surface area contributed by atoms with Gasteiger partial charge < -0.3 is 0 Å². The summed E-state index contributed by atoms with van der Waals surface area (Å²) < 4.78 is 1.42. The number of nitrogens with one attached hydrogen (secondary N) is 1. The molecule has 2 aromatic carbocycles. The van der Waals surface area contributed by atoms with Gasteiger partial charge in [0.2, 0.25) is 0 Å². The van der Waals surface area contributed by atoms with Crippen LogP contribution in [0, 0.1) is 0 Å². The van der Waals surface area contributed by atoms with Gasteiger partial charge in [-0.25, -0.2) is 9.90 Å². The van der Waals surface area contributed by atoms with E-state index >= 15 is 0 Å². The third-order valence-electron chi connectivity index (χ3n) is 3.41. The van der Waals surface area contributed by atoms with Crippen LogP contribution in [0.4, 0.5) is 0 Å². The quantitative estimate of drug-likeness (QED) is 0.707. The smallest absolute Gasteiger partial charge is 0.286 e. The van der Waals surface area contributed by atoms with Crippen LogP contribution in [0.3, 0.4) is 0 Å². The summed E-state index contributed by atoms with van der Waals surface area (Å²) in [7, 11) is 0. The Hall–Kier alpha value is -2.37. The summed E-state index contributed by atoms with van der Waals surface area (Å²) >= 11 is 11.7. The van der Waals surface area contributed by atoms with Crippen molar-refractivity contribution in [1.29, 1.82) is 0 Å². The summed E-state index contributed by atoms with van der Waals surface area (Å²) in [6, 6.07) is 14.7. The minimum absolute atomic E-state index is 0.218. The lowest BCUT2D eigenvalue weighted by atomic mass is 10.2. The van der Waals surface area contributed by atoms with E-state index in [9.17, 15) is 4.79 Å². The Kier molecular flexibility index (Phi) is 5.13. The average Bonchev–Trinajstić information content (AvgIpc) is 2.92. The molecule has 122 valence electrons. The topological polar surface area (TPSA) is 63.0 Å². The van der Waals surface area contributed by atoms with Crippen LogP contribution >= 0.6 is 23.2 Å². The molecular weight excluding hydrogens is 347 g/mol. The van der Waals surface area contributed by atoms with E-state index in [4.69, 9.17) is 23.2 Å². The second kappa shape index (κ2) is 7.47. The van der Waals surface area contributed by atoms with Crippen LogP contribution < -0.4 is 5.56 Å². The zero-order valence-corrected chi connectivity index (χ0v) is 14.1. The molecule has 1 heterocycles. The molecule has 0 unspecified atom stereocenters. The molecule has 0 spiro atoms. The molecular formula is C17H14Cl2N4O. The van der Waals surface area contributed by atoms with Crippen LogP contribution in [0.2, 0.25) is 10.0 Å². The Balaban J connectivity index is 1.68. The number of H-pyrrole nitrogens is 1. The van der Waals surface area contributed by atoms with Gasteiger partial charge in [0.15, 0.2) is 5.69 Å². The molecule has 5 nitrogen and oxygen atoms in total. The second-order valence-corrected chi connectivity index (χ2v) is 6.08. The fourth-order valence-electron chi connectivity index (χ4n) is 2.14. The Labute approximate surface area is 148 Å². The van der Waals surface area contributed by atoms with Crippen molar-refractivity contribution in [2.45, 2.75) is 13.1 Å². The van der Waals surface area contributed by atoms with Crippen molar-refractivity contribution in [1.82, 2.24) is 15.0 Å². The molecule has 0 aliphatic rings. The van der Waals surface area contributed by atoms with E-state index in [1.54, 1.807) is 24.3 Å². The molecule has 3 aromatic rings. The largest absolute Gasteiger partial charge is 0.295 e. The van der Waals surface area contributed by atoms with Crippen LogP contribution in [0.15, 0.2) is 58.3 Å². The zero-order valence-electron chi connectivity index (χ0n) is 12.6. The number of nitrogens with zero attached hydrogens (tertiary/aromatic N) is 3. The predicted molar refractivity (Wildman–Crippen MR) is 96.2 cm³/mol. The van der Waals surface area contributed by atoms with Crippen LogP contribution in [0.1, 0.15) is 16.8 Å². The lowest BCUT2D eigenvalue weighted by molar-refractivity contribution is 0.632. The van der Waals surface area contributed by atoms with E-state index in [1.165, 1.54) is 10.9 Å². The Morgan fingerprint density at radius 3 is 2.21 bits per heavy atom.